The van der Waals surface area contributed by atoms with Crippen molar-refractivity contribution in [2.75, 3.05) is 5.32 Å². The average Bonchev–Trinajstić information content (AvgIpc) is 2.93. The first kappa shape index (κ1) is 13.8. The molecule has 2 aromatic carbocycles. The summed E-state index contributed by atoms with van der Waals surface area (Å²) in [4.78, 5) is 12.3. The van der Waals surface area contributed by atoms with Crippen LogP contribution in [0, 0.1) is 0 Å². The van der Waals surface area contributed by atoms with E-state index >= 15 is 0 Å². The maximum atomic E-state index is 12.3. The highest BCUT2D eigenvalue weighted by Gasteiger charge is 2.10. The number of nitrogens with zero attached hydrogens (tertiary/aromatic N) is 1. The van der Waals surface area contributed by atoms with Crippen molar-refractivity contribution in [3.8, 4) is 0 Å². The second-order valence-corrected chi connectivity index (χ2v) is 5.70. The minimum Gasteiger partial charge on any atom is -0.307 e. The monoisotopic (exact) mass is 343 g/mol. The molecular weight excluding hydrogens is 330 g/mol. The van der Waals surface area contributed by atoms with E-state index in [0.717, 1.165) is 27.2 Å². The molecule has 0 radical (unpaired) electrons. The van der Waals surface area contributed by atoms with Crippen LogP contribution in [0.1, 0.15) is 22.8 Å². The number of hydrogen-bond donors (Lipinski definition) is 2. The van der Waals surface area contributed by atoms with Gasteiger partial charge >= 0.3 is 0 Å². The second kappa shape index (κ2) is 5.69. The van der Waals surface area contributed by atoms with Gasteiger partial charge in [-0.15, -0.1) is 0 Å². The summed E-state index contributed by atoms with van der Waals surface area (Å²) in [5, 5.41) is 11.8. The first-order chi connectivity index (χ1) is 10.2. The Bertz CT molecular complexity index is 810. The minimum atomic E-state index is -0.140. The van der Waals surface area contributed by atoms with Gasteiger partial charge in [0.25, 0.3) is 5.91 Å². The van der Waals surface area contributed by atoms with E-state index in [1.807, 2.05) is 43.3 Å². The normalized spacial score (nSPS) is 10.8. The molecule has 1 aromatic heterocycles. The van der Waals surface area contributed by atoms with E-state index in [-0.39, 0.29) is 5.91 Å². The van der Waals surface area contributed by atoms with Gasteiger partial charge in [0.2, 0.25) is 0 Å². The van der Waals surface area contributed by atoms with Crippen molar-refractivity contribution < 1.29 is 4.79 Å². The summed E-state index contributed by atoms with van der Waals surface area (Å²) in [7, 11) is 0. The van der Waals surface area contributed by atoms with Gasteiger partial charge in [0.15, 0.2) is 0 Å². The number of carbonyl (C=O) groups is 1. The SMILES string of the molecule is CCc1cn[nH]c1NC(=O)c1ccc2cc(Br)ccc2c1. The Hall–Kier alpha value is -2.14. The zero-order valence-electron chi connectivity index (χ0n) is 11.5. The fraction of sp³-hybridized carbons (Fsp3) is 0.125. The molecule has 0 spiro atoms. The van der Waals surface area contributed by atoms with Crippen LogP contribution in [0.4, 0.5) is 5.82 Å². The second-order valence-electron chi connectivity index (χ2n) is 4.78. The molecule has 21 heavy (non-hydrogen) atoms. The number of halogens is 1. The Morgan fingerprint density at radius 1 is 1.24 bits per heavy atom. The number of aromatic nitrogens is 2. The molecular formula is C16H14BrN3O. The van der Waals surface area contributed by atoms with Crippen LogP contribution in [0.5, 0.6) is 0 Å². The number of aromatic amines is 1. The molecule has 1 amide bonds. The van der Waals surface area contributed by atoms with Gasteiger partial charge in [-0.25, -0.2) is 0 Å². The van der Waals surface area contributed by atoms with Crippen molar-refractivity contribution in [1.29, 1.82) is 0 Å². The number of rotatable bonds is 3. The molecule has 5 heteroatoms. The molecule has 0 unspecified atom stereocenters. The van der Waals surface area contributed by atoms with Crippen molar-refractivity contribution >= 4 is 38.4 Å². The number of carbonyl (C=O) groups excluding carboxylic acids is 1. The highest BCUT2D eigenvalue weighted by Crippen LogP contribution is 2.21. The van der Waals surface area contributed by atoms with Crippen LogP contribution >= 0.6 is 15.9 Å². The molecule has 3 aromatic rings. The molecule has 1 heterocycles. The van der Waals surface area contributed by atoms with Crippen molar-refractivity contribution in [3.05, 3.63) is 58.2 Å². The molecule has 0 bridgehead atoms. The molecule has 4 nitrogen and oxygen atoms in total. The smallest absolute Gasteiger partial charge is 0.256 e. The molecule has 3 rings (SSSR count). The van der Waals surface area contributed by atoms with E-state index in [1.165, 1.54) is 0 Å². The maximum Gasteiger partial charge on any atom is 0.256 e. The van der Waals surface area contributed by atoms with Gasteiger partial charge in [0.05, 0.1) is 6.20 Å². The Morgan fingerprint density at radius 2 is 2.00 bits per heavy atom. The standard InChI is InChI=1S/C16H14BrN3O/c1-2-10-9-18-20-15(10)19-16(21)13-4-3-12-8-14(17)6-5-11(12)7-13/h3-9H,2H2,1H3,(H2,18,19,20,21). The van der Waals surface area contributed by atoms with Crippen molar-refractivity contribution in [1.82, 2.24) is 10.2 Å². The number of aryl methyl sites for hydroxylation is 1. The van der Waals surface area contributed by atoms with Crippen molar-refractivity contribution in [2.45, 2.75) is 13.3 Å². The molecule has 106 valence electrons. The lowest BCUT2D eigenvalue weighted by molar-refractivity contribution is 0.102. The summed E-state index contributed by atoms with van der Waals surface area (Å²) in [5.41, 5.74) is 1.62. The molecule has 0 fully saturated rings. The van der Waals surface area contributed by atoms with Gasteiger partial charge < -0.3 is 5.32 Å². The molecule has 0 aliphatic rings. The van der Waals surface area contributed by atoms with Gasteiger partial charge in [0.1, 0.15) is 5.82 Å². The molecule has 2 N–H and O–H groups in total. The fourth-order valence-electron chi connectivity index (χ4n) is 2.23. The summed E-state index contributed by atoms with van der Waals surface area (Å²) in [6.07, 6.45) is 2.55. The summed E-state index contributed by atoms with van der Waals surface area (Å²) >= 11 is 3.45. The number of anilines is 1. The van der Waals surface area contributed by atoms with E-state index in [1.54, 1.807) is 6.20 Å². The topological polar surface area (TPSA) is 57.8 Å². The van der Waals surface area contributed by atoms with E-state index in [0.29, 0.717) is 11.4 Å². The zero-order valence-corrected chi connectivity index (χ0v) is 13.1. The van der Waals surface area contributed by atoms with Crippen LogP contribution in [0.3, 0.4) is 0 Å². The van der Waals surface area contributed by atoms with Crippen LogP contribution in [0.25, 0.3) is 10.8 Å². The van der Waals surface area contributed by atoms with Crippen LogP contribution in [0.2, 0.25) is 0 Å². The summed E-state index contributed by atoms with van der Waals surface area (Å²) < 4.78 is 1.03. The van der Waals surface area contributed by atoms with Gasteiger partial charge in [0, 0.05) is 15.6 Å². The number of amides is 1. The summed E-state index contributed by atoms with van der Waals surface area (Å²) in [6, 6.07) is 11.6. The Kier molecular flexibility index (Phi) is 3.75. The third-order valence-electron chi connectivity index (χ3n) is 3.40. The van der Waals surface area contributed by atoms with Crippen molar-refractivity contribution in [3.63, 3.8) is 0 Å². The highest BCUT2D eigenvalue weighted by molar-refractivity contribution is 9.10. The van der Waals surface area contributed by atoms with Gasteiger partial charge in [-0.3, -0.25) is 9.89 Å². The number of nitrogens with one attached hydrogen (secondary N) is 2. The third-order valence-corrected chi connectivity index (χ3v) is 3.90. The first-order valence-corrected chi connectivity index (χ1v) is 7.49. The van der Waals surface area contributed by atoms with Gasteiger partial charge in [-0.1, -0.05) is 35.0 Å². The Labute approximate surface area is 130 Å². The van der Waals surface area contributed by atoms with Crippen LogP contribution in [-0.2, 0) is 6.42 Å². The lowest BCUT2D eigenvalue weighted by atomic mass is 10.1. The minimum absolute atomic E-state index is 0.140. The van der Waals surface area contributed by atoms with Crippen LogP contribution in [-0.4, -0.2) is 16.1 Å². The van der Waals surface area contributed by atoms with E-state index in [4.69, 9.17) is 0 Å². The molecule has 0 saturated heterocycles. The first-order valence-electron chi connectivity index (χ1n) is 6.70. The predicted octanol–water partition coefficient (Wildman–Crippen LogP) is 4.14. The lowest BCUT2D eigenvalue weighted by Gasteiger charge is -2.06. The number of benzene rings is 2. The Balaban J connectivity index is 1.89. The van der Waals surface area contributed by atoms with Crippen LogP contribution in [0.15, 0.2) is 47.1 Å². The molecule has 0 saturated carbocycles. The van der Waals surface area contributed by atoms with Crippen LogP contribution < -0.4 is 5.32 Å². The highest BCUT2D eigenvalue weighted by atomic mass is 79.9. The fourth-order valence-corrected chi connectivity index (χ4v) is 2.61. The van der Waals surface area contributed by atoms with Gasteiger partial charge in [-0.2, -0.15) is 5.10 Å². The Morgan fingerprint density at radius 3 is 2.81 bits per heavy atom. The molecule has 0 atom stereocenters. The van der Waals surface area contributed by atoms with E-state index in [9.17, 15) is 4.79 Å². The molecule has 0 aliphatic carbocycles. The maximum absolute atomic E-state index is 12.3. The largest absolute Gasteiger partial charge is 0.307 e. The number of H-pyrrole nitrogens is 1. The van der Waals surface area contributed by atoms with Gasteiger partial charge in [-0.05, 0) is 41.5 Å². The lowest BCUT2D eigenvalue weighted by Crippen LogP contribution is -2.13. The zero-order chi connectivity index (χ0) is 14.8. The quantitative estimate of drug-likeness (QED) is 0.750. The number of hydrogen-bond acceptors (Lipinski definition) is 2. The summed E-state index contributed by atoms with van der Waals surface area (Å²) in [6.45, 7) is 2.02. The van der Waals surface area contributed by atoms with E-state index < -0.39 is 0 Å². The van der Waals surface area contributed by atoms with Crippen molar-refractivity contribution in [2.24, 2.45) is 0 Å². The van der Waals surface area contributed by atoms with E-state index in [2.05, 4.69) is 31.4 Å². The predicted molar refractivity (Wildman–Crippen MR) is 87.6 cm³/mol. The third kappa shape index (κ3) is 2.83. The molecule has 0 aliphatic heterocycles. The number of fused-ring (bicyclic) bond motifs is 1. The average molecular weight is 344 g/mol. The summed E-state index contributed by atoms with van der Waals surface area (Å²) in [5.74, 6) is 0.525.